The lowest BCUT2D eigenvalue weighted by Crippen LogP contribution is -2.28. The lowest BCUT2D eigenvalue weighted by molar-refractivity contribution is -0.122. The van der Waals surface area contributed by atoms with E-state index in [0.717, 1.165) is 22.8 Å². The topological polar surface area (TPSA) is 61.9 Å². The van der Waals surface area contributed by atoms with Crippen molar-refractivity contribution in [1.29, 1.82) is 0 Å². The van der Waals surface area contributed by atoms with Crippen LogP contribution in [0.25, 0.3) is 0 Å². The Hall–Kier alpha value is -3.02. The number of anilines is 3. The van der Waals surface area contributed by atoms with E-state index in [1.165, 1.54) is 0 Å². The summed E-state index contributed by atoms with van der Waals surface area (Å²) in [7, 11) is 5.53. The summed E-state index contributed by atoms with van der Waals surface area (Å²) in [6, 6.07) is 14.9. The molecule has 136 valence electrons. The van der Waals surface area contributed by atoms with Crippen molar-refractivity contribution in [2.45, 2.75) is 6.42 Å². The van der Waals surface area contributed by atoms with Crippen LogP contribution >= 0.6 is 0 Å². The summed E-state index contributed by atoms with van der Waals surface area (Å²) in [6.45, 7) is 0.382. The first-order valence-electron chi connectivity index (χ1n) is 8.50. The highest BCUT2D eigenvalue weighted by Gasteiger charge is 2.35. The molecular formula is C20H23N3O3. The number of amides is 2. The number of benzene rings is 2. The maximum Gasteiger partial charge on any atom is 0.229 e. The highest BCUT2D eigenvalue weighted by molar-refractivity contribution is 6.03. The number of carbonyl (C=O) groups excluding carboxylic acids is 2. The fourth-order valence-electron chi connectivity index (χ4n) is 2.98. The number of hydrogen-bond donors (Lipinski definition) is 1. The van der Waals surface area contributed by atoms with Crippen LogP contribution in [-0.2, 0) is 9.59 Å². The second-order valence-corrected chi connectivity index (χ2v) is 6.53. The summed E-state index contributed by atoms with van der Waals surface area (Å²) in [6.07, 6.45) is 0.216. The van der Waals surface area contributed by atoms with Crippen LogP contribution < -0.4 is 19.9 Å². The summed E-state index contributed by atoms with van der Waals surface area (Å²) in [5.74, 6) is 0.194. The molecular weight excluding hydrogens is 330 g/mol. The molecule has 3 rings (SSSR count). The Morgan fingerprint density at radius 3 is 2.35 bits per heavy atom. The zero-order valence-corrected chi connectivity index (χ0v) is 15.2. The van der Waals surface area contributed by atoms with Crippen molar-refractivity contribution in [3.63, 3.8) is 0 Å². The van der Waals surface area contributed by atoms with Gasteiger partial charge in [0, 0.05) is 44.1 Å². The predicted octanol–water partition coefficient (Wildman–Crippen LogP) is 2.75. The third kappa shape index (κ3) is 3.79. The molecule has 0 spiro atoms. The lowest BCUT2D eigenvalue weighted by atomic mass is 10.1. The average Bonchev–Trinajstić information content (AvgIpc) is 3.04. The van der Waals surface area contributed by atoms with Crippen molar-refractivity contribution in [3.05, 3.63) is 48.5 Å². The summed E-state index contributed by atoms with van der Waals surface area (Å²) in [5.41, 5.74) is 2.57. The third-order valence-corrected chi connectivity index (χ3v) is 4.53. The van der Waals surface area contributed by atoms with Crippen LogP contribution in [0.2, 0.25) is 0 Å². The largest absolute Gasteiger partial charge is 0.497 e. The van der Waals surface area contributed by atoms with Crippen molar-refractivity contribution < 1.29 is 14.3 Å². The highest BCUT2D eigenvalue weighted by Crippen LogP contribution is 2.27. The van der Waals surface area contributed by atoms with Crippen LogP contribution in [0.15, 0.2) is 48.5 Å². The smallest absolute Gasteiger partial charge is 0.229 e. The van der Waals surface area contributed by atoms with E-state index in [9.17, 15) is 9.59 Å². The molecule has 1 atom stereocenters. The van der Waals surface area contributed by atoms with Gasteiger partial charge in [-0.2, -0.15) is 0 Å². The maximum atomic E-state index is 12.5. The molecule has 1 fully saturated rings. The maximum absolute atomic E-state index is 12.5. The second kappa shape index (κ2) is 7.47. The Balaban J connectivity index is 1.64. The van der Waals surface area contributed by atoms with E-state index >= 15 is 0 Å². The molecule has 2 aromatic carbocycles. The fourth-order valence-corrected chi connectivity index (χ4v) is 2.98. The Kier molecular flexibility index (Phi) is 5.11. The van der Waals surface area contributed by atoms with E-state index in [-0.39, 0.29) is 24.2 Å². The van der Waals surface area contributed by atoms with Gasteiger partial charge in [-0.15, -0.1) is 0 Å². The Bertz CT molecular complexity index is 785. The molecule has 0 saturated carbocycles. The summed E-state index contributed by atoms with van der Waals surface area (Å²) >= 11 is 0. The molecule has 0 bridgehead atoms. The fraction of sp³-hybridized carbons (Fsp3) is 0.300. The molecule has 0 aromatic heterocycles. The number of nitrogens with zero attached hydrogens (tertiary/aromatic N) is 2. The molecule has 1 N–H and O–H groups in total. The number of hydrogen-bond acceptors (Lipinski definition) is 4. The van der Waals surface area contributed by atoms with Gasteiger partial charge < -0.3 is 19.9 Å². The summed E-state index contributed by atoms with van der Waals surface area (Å²) < 4.78 is 5.14. The lowest BCUT2D eigenvalue weighted by Gasteiger charge is -2.17. The van der Waals surface area contributed by atoms with Crippen molar-refractivity contribution in [2.24, 2.45) is 5.92 Å². The molecule has 1 saturated heterocycles. The molecule has 0 aliphatic carbocycles. The van der Waals surface area contributed by atoms with Gasteiger partial charge in [0.25, 0.3) is 0 Å². The third-order valence-electron chi connectivity index (χ3n) is 4.53. The monoisotopic (exact) mass is 353 g/mol. The minimum atomic E-state index is -0.363. The van der Waals surface area contributed by atoms with Gasteiger partial charge in [-0.05, 0) is 48.5 Å². The molecule has 1 aliphatic rings. The highest BCUT2D eigenvalue weighted by atomic mass is 16.5. The minimum Gasteiger partial charge on any atom is -0.497 e. The molecule has 26 heavy (non-hydrogen) atoms. The SMILES string of the molecule is COc1ccc(N2CC(C(=O)Nc3ccc(N(C)C)cc3)CC2=O)cc1. The van der Waals surface area contributed by atoms with Gasteiger partial charge in [0.15, 0.2) is 0 Å². The van der Waals surface area contributed by atoms with E-state index in [1.807, 2.05) is 67.5 Å². The number of nitrogens with one attached hydrogen (secondary N) is 1. The van der Waals surface area contributed by atoms with E-state index < -0.39 is 0 Å². The van der Waals surface area contributed by atoms with Gasteiger partial charge in [0.2, 0.25) is 11.8 Å². The second-order valence-electron chi connectivity index (χ2n) is 6.53. The Labute approximate surface area is 153 Å². The van der Waals surface area contributed by atoms with Crippen LogP contribution in [0.3, 0.4) is 0 Å². The summed E-state index contributed by atoms with van der Waals surface area (Å²) in [4.78, 5) is 28.5. The van der Waals surface area contributed by atoms with Gasteiger partial charge in [-0.1, -0.05) is 0 Å². The van der Waals surface area contributed by atoms with Crippen LogP contribution in [0.4, 0.5) is 17.1 Å². The minimum absolute atomic E-state index is 0.0433. The van der Waals surface area contributed by atoms with Crippen molar-refractivity contribution in [2.75, 3.05) is 42.9 Å². The zero-order chi connectivity index (χ0) is 18.7. The van der Waals surface area contributed by atoms with Gasteiger partial charge in [0.05, 0.1) is 13.0 Å². The van der Waals surface area contributed by atoms with Gasteiger partial charge in [0.1, 0.15) is 5.75 Å². The first-order chi connectivity index (χ1) is 12.5. The normalized spacial score (nSPS) is 16.5. The molecule has 2 aromatic rings. The van der Waals surface area contributed by atoms with E-state index in [0.29, 0.717) is 6.54 Å². The van der Waals surface area contributed by atoms with Gasteiger partial charge in [-0.3, -0.25) is 9.59 Å². The van der Waals surface area contributed by atoms with E-state index in [1.54, 1.807) is 12.0 Å². The van der Waals surface area contributed by atoms with Crippen molar-refractivity contribution in [1.82, 2.24) is 0 Å². The van der Waals surface area contributed by atoms with Crippen molar-refractivity contribution >= 4 is 28.9 Å². The molecule has 6 heteroatoms. The quantitative estimate of drug-likeness (QED) is 0.898. The van der Waals surface area contributed by atoms with Crippen LogP contribution in [0.1, 0.15) is 6.42 Å². The van der Waals surface area contributed by atoms with E-state index in [4.69, 9.17) is 4.74 Å². The first kappa shape index (κ1) is 17.8. The molecule has 2 amide bonds. The van der Waals surface area contributed by atoms with Crippen LogP contribution in [0, 0.1) is 5.92 Å². The number of carbonyl (C=O) groups is 2. The number of ether oxygens (including phenoxy) is 1. The molecule has 1 unspecified atom stereocenters. The molecule has 0 radical (unpaired) electrons. The van der Waals surface area contributed by atoms with Crippen molar-refractivity contribution in [3.8, 4) is 5.75 Å². The summed E-state index contributed by atoms with van der Waals surface area (Å²) in [5, 5.41) is 2.90. The van der Waals surface area contributed by atoms with Crippen LogP contribution in [0.5, 0.6) is 5.75 Å². The number of rotatable bonds is 5. The molecule has 1 aliphatic heterocycles. The van der Waals surface area contributed by atoms with Crippen LogP contribution in [-0.4, -0.2) is 39.6 Å². The molecule has 6 nitrogen and oxygen atoms in total. The first-order valence-corrected chi connectivity index (χ1v) is 8.50. The Morgan fingerprint density at radius 1 is 1.12 bits per heavy atom. The van der Waals surface area contributed by atoms with E-state index in [2.05, 4.69) is 5.32 Å². The molecule has 1 heterocycles. The zero-order valence-electron chi connectivity index (χ0n) is 15.2. The average molecular weight is 353 g/mol. The number of methoxy groups -OCH3 is 1. The van der Waals surface area contributed by atoms with Gasteiger partial charge >= 0.3 is 0 Å². The predicted molar refractivity (Wildman–Crippen MR) is 103 cm³/mol. The standard InChI is InChI=1S/C20H23N3O3/c1-22(2)16-6-4-15(5-7-16)21-20(25)14-12-19(24)23(13-14)17-8-10-18(26-3)11-9-17/h4-11,14H,12-13H2,1-3H3,(H,21,25). The Morgan fingerprint density at radius 2 is 1.77 bits per heavy atom. The van der Waals surface area contributed by atoms with Gasteiger partial charge in [-0.25, -0.2) is 0 Å².